The van der Waals surface area contributed by atoms with Crippen molar-refractivity contribution in [2.45, 2.75) is 25.9 Å². The highest BCUT2D eigenvalue weighted by atomic mass is 35.5. The van der Waals surface area contributed by atoms with Crippen LogP contribution in [0.25, 0.3) is 5.69 Å². The minimum atomic E-state index is -0.444. The molecule has 9 nitrogen and oxygen atoms in total. The van der Waals surface area contributed by atoms with E-state index in [1.54, 1.807) is 23.9 Å². The molecule has 0 unspecified atom stereocenters. The Hall–Kier alpha value is -2.82. The van der Waals surface area contributed by atoms with Gasteiger partial charge in [0.25, 0.3) is 0 Å². The monoisotopic (exact) mass is 561 g/mol. The van der Waals surface area contributed by atoms with Crippen molar-refractivity contribution in [3.8, 4) is 11.6 Å². The third-order valence-electron chi connectivity index (χ3n) is 6.25. The number of hydrogen-bond acceptors (Lipinski definition) is 6. The molecule has 0 saturated carbocycles. The summed E-state index contributed by atoms with van der Waals surface area (Å²) < 4.78 is 18.7. The van der Waals surface area contributed by atoms with E-state index in [2.05, 4.69) is 27.7 Å². The van der Waals surface area contributed by atoms with Gasteiger partial charge in [0.15, 0.2) is 0 Å². The normalized spacial score (nSPS) is 15.9. The number of urea groups is 1. The summed E-state index contributed by atoms with van der Waals surface area (Å²) in [6, 6.07) is 12.5. The first-order valence-corrected chi connectivity index (χ1v) is 13.2. The highest BCUT2D eigenvalue weighted by Gasteiger charge is 2.23. The van der Waals surface area contributed by atoms with Crippen LogP contribution in [0.3, 0.4) is 0 Å². The lowest BCUT2D eigenvalue weighted by Crippen LogP contribution is -2.42. The second kappa shape index (κ2) is 13.3. The largest absolute Gasteiger partial charge is 0.474 e. The molecule has 1 aromatic heterocycles. The van der Waals surface area contributed by atoms with Gasteiger partial charge >= 0.3 is 6.03 Å². The van der Waals surface area contributed by atoms with Crippen molar-refractivity contribution in [1.29, 1.82) is 0 Å². The van der Waals surface area contributed by atoms with Crippen molar-refractivity contribution in [2.75, 3.05) is 57.7 Å². The van der Waals surface area contributed by atoms with E-state index in [1.807, 2.05) is 37.3 Å². The molecule has 3 aromatic rings. The first-order valence-electron chi connectivity index (χ1n) is 12.5. The zero-order valence-electron chi connectivity index (χ0n) is 21.8. The minimum absolute atomic E-state index is 0.0547. The Balaban J connectivity index is 1.55. The van der Waals surface area contributed by atoms with E-state index in [9.17, 15) is 4.79 Å². The van der Waals surface area contributed by atoms with Gasteiger partial charge in [0.1, 0.15) is 18.5 Å². The lowest BCUT2D eigenvalue weighted by Gasteiger charge is -2.29. The number of aromatic nitrogens is 2. The smallest absolute Gasteiger partial charge is 0.324 e. The van der Waals surface area contributed by atoms with Crippen LogP contribution in [-0.2, 0) is 15.9 Å². The number of carbonyl (C=O) groups is 1. The SMILES string of the molecule is COCCCc1cc(Cl)c(Cl)cc1NC(=O)Nc1c(C)c(OC[C@H]2CN(C)CCO2)nn1-c1ccccc1. The summed E-state index contributed by atoms with van der Waals surface area (Å²) in [5.74, 6) is 0.919. The van der Waals surface area contributed by atoms with Crippen molar-refractivity contribution in [1.82, 2.24) is 14.7 Å². The fourth-order valence-electron chi connectivity index (χ4n) is 4.23. The molecule has 0 bridgehead atoms. The maximum Gasteiger partial charge on any atom is 0.324 e. The van der Waals surface area contributed by atoms with Gasteiger partial charge in [-0.05, 0) is 56.6 Å². The van der Waals surface area contributed by atoms with E-state index < -0.39 is 6.03 Å². The molecule has 2 aromatic carbocycles. The molecule has 1 atom stereocenters. The zero-order chi connectivity index (χ0) is 27.1. The zero-order valence-corrected chi connectivity index (χ0v) is 23.3. The fraction of sp³-hybridized carbons (Fsp3) is 0.407. The van der Waals surface area contributed by atoms with E-state index in [0.29, 0.717) is 59.2 Å². The Labute approximate surface area is 232 Å². The third kappa shape index (κ3) is 7.18. The summed E-state index contributed by atoms with van der Waals surface area (Å²) in [6.45, 7) is 5.15. The van der Waals surface area contributed by atoms with E-state index in [-0.39, 0.29) is 6.10 Å². The van der Waals surface area contributed by atoms with Crippen LogP contribution in [0.15, 0.2) is 42.5 Å². The number of aryl methyl sites for hydroxylation is 1. The molecule has 4 rings (SSSR count). The number of para-hydroxylation sites is 1. The summed E-state index contributed by atoms with van der Waals surface area (Å²) >= 11 is 12.5. The number of nitrogens with zero attached hydrogens (tertiary/aromatic N) is 3. The Morgan fingerprint density at radius 1 is 1.18 bits per heavy atom. The number of methoxy groups -OCH3 is 1. The van der Waals surface area contributed by atoms with Gasteiger partial charge in [-0.2, -0.15) is 0 Å². The first-order chi connectivity index (χ1) is 18.4. The van der Waals surface area contributed by atoms with Gasteiger partial charge in [0, 0.05) is 32.5 Å². The van der Waals surface area contributed by atoms with Crippen molar-refractivity contribution < 1.29 is 19.0 Å². The topological polar surface area (TPSA) is 89.9 Å². The van der Waals surface area contributed by atoms with Gasteiger partial charge in [-0.15, -0.1) is 5.10 Å². The highest BCUT2D eigenvalue weighted by Crippen LogP contribution is 2.32. The van der Waals surface area contributed by atoms with E-state index in [1.165, 1.54) is 0 Å². The van der Waals surface area contributed by atoms with E-state index >= 15 is 0 Å². The van der Waals surface area contributed by atoms with Crippen LogP contribution in [0.5, 0.6) is 5.88 Å². The fourth-order valence-corrected chi connectivity index (χ4v) is 4.58. The number of anilines is 2. The number of hydrogen-bond donors (Lipinski definition) is 2. The van der Waals surface area contributed by atoms with Crippen LogP contribution in [0.1, 0.15) is 17.5 Å². The molecule has 204 valence electrons. The van der Waals surface area contributed by atoms with Crippen LogP contribution in [-0.4, -0.2) is 73.9 Å². The van der Waals surface area contributed by atoms with Crippen molar-refractivity contribution in [3.63, 3.8) is 0 Å². The Kier molecular flexibility index (Phi) is 9.87. The molecule has 0 aliphatic carbocycles. The van der Waals surface area contributed by atoms with Gasteiger partial charge < -0.3 is 24.4 Å². The average molecular weight is 562 g/mol. The number of carbonyl (C=O) groups excluding carboxylic acids is 1. The summed E-state index contributed by atoms with van der Waals surface area (Å²) in [4.78, 5) is 15.4. The maximum atomic E-state index is 13.2. The second-order valence-electron chi connectivity index (χ2n) is 9.19. The number of benzene rings is 2. The average Bonchev–Trinajstić information content (AvgIpc) is 3.21. The lowest BCUT2D eigenvalue weighted by molar-refractivity contribution is -0.0411. The molecule has 0 radical (unpaired) electrons. The Morgan fingerprint density at radius 2 is 1.95 bits per heavy atom. The van der Waals surface area contributed by atoms with Gasteiger partial charge in [0.05, 0.1) is 27.9 Å². The number of halogens is 2. The lowest BCUT2D eigenvalue weighted by atomic mass is 10.1. The predicted molar refractivity (Wildman–Crippen MR) is 150 cm³/mol. The Bertz CT molecular complexity index is 1240. The minimum Gasteiger partial charge on any atom is -0.474 e. The number of ether oxygens (including phenoxy) is 3. The van der Waals surface area contributed by atoms with E-state index in [0.717, 1.165) is 30.8 Å². The molecule has 38 heavy (non-hydrogen) atoms. The first kappa shape index (κ1) is 28.2. The maximum absolute atomic E-state index is 13.2. The molecule has 2 amide bonds. The van der Waals surface area contributed by atoms with Crippen molar-refractivity contribution >= 4 is 40.7 Å². The number of amides is 2. The van der Waals surface area contributed by atoms with Gasteiger partial charge in [-0.3, -0.25) is 5.32 Å². The molecule has 1 fully saturated rings. The summed E-state index contributed by atoms with van der Waals surface area (Å²) in [6.07, 6.45) is 1.38. The van der Waals surface area contributed by atoms with Gasteiger partial charge in [-0.25, -0.2) is 9.48 Å². The predicted octanol–water partition coefficient (Wildman–Crippen LogP) is 5.42. The summed E-state index contributed by atoms with van der Waals surface area (Å²) in [5.41, 5.74) is 2.92. The molecular weight excluding hydrogens is 529 g/mol. The molecule has 1 aliphatic heterocycles. The summed E-state index contributed by atoms with van der Waals surface area (Å²) in [5, 5.41) is 11.3. The molecule has 11 heteroatoms. The standard InChI is InChI=1S/C27H33Cl2N5O4/c1-18-25(31-27(35)30-24-15-23(29)22(28)14-19(24)8-7-12-36-3)34(20-9-5-4-6-10-20)32-26(18)38-17-21-16-33(2)11-13-37-21/h4-6,9-10,14-15,21H,7-8,11-13,16-17H2,1-3H3,(H2,30,31,35)/t21-/m1/s1. The van der Waals surface area contributed by atoms with E-state index in [4.69, 9.17) is 37.4 Å². The van der Waals surface area contributed by atoms with Crippen molar-refractivity contribution in [3.05, 3.63) is 63.6 Å². The third-order valence-corrected chi connectivity index (χ3v) is 6.97. The van der Waals surface area contributed by atoms with Crippen LogP contribution in [0.4, 0.5) is 16.3 Å². The quantitative estimate of drug-likeness (QED) is 0.321. The molecule has 2 N–H and O–H groups in total. The highest BCUT2D eigenvalue weighted by molar-refractivity contribution is 6.42. The van der Waals surface area contributed by atoms with Crippen LogP contribution in [0, 0.1) is 6.92 Å². The Morgan fingerprint density at radius 3 is 2.68 bits per heavy atom. The number of nitrogens with one attached hydrogen (secondary N) is 2. The van der Waals surface area contributed by atoms with Gasteiger partial charge in [0.2, 0.25) is 5.88 Å². The number of morpholine rings is 1. The molecule has 0 spiro atoms. The van der Waals surface area contributed by atoms with Crippen molar-refractivity contribution in [2.24, 2.45) is 0 Å². The molecule has 1 saturated heterocycles. The molecule has 1 aliphatic rings. The molecule has 2 heterocycles. The summed E-state index contributed by atoms with van der Waals surface area (Å²) in [7, 11) is 3.71. The van der Waals surface area contributed by atoms with Crippen LogP contribution in [0.2, 0.25) is 10.0 Å². The molecular formula is C27H33Cl2N5O4. The second-order valence-corrected chi connectivity index (χ2v) is 10.0. The van der Waals surface area contributed by atoms with Crippen LogP contribution < -0.4 is 15.4 Å². The number of rotatable bonds is 10. The number of likely N-dealkylation sites (N-methyl/N-ethyl adjacent to an activating group) is 1. The van der Waals surface area contributed by atoms with Crippen LogP contribution >= 0.6 is 23.2 Å². The van der Waals surface area contributed by atoms with Gasteiger partial charge in [-0.1, -0.05) is 41.4 Å².